The largest absolute Gasteiger partial charge is 0.463 e. The molecule has 4 rings (SSSR count). The van der Waals surface area contributed by atoms with Gasteiger partial charge in [0.1, 0.15) is 12.0 Å². The van der Waals surface area contributed by atoms with Crippen molar-refractivity contribution in [1.29, 1.82) is 0 Å². The minimum absolute atomic E-state index is 0.0210. The summed E-state index contributed by atoms with van der Waals surface area (Å²) in [5.74, 6) is -1.69. The van der Waals surface area contributed by atoms with Gasteiger partial charge in [-0.3, -0.25) is 14.5 Å². The Morgan fingerprint density at radius 3 is 2.30 bits per heavy atom. The van der Waals surface area contributed by atoms with E-state index in [0.717, 1.165) is 19.6 Å². The molecule has 11 nitrogen and oxygen atoms in total. The van der Waals surface area contributed by atoms with Crippen LogP contribution in [0.25, 0.3) is 0 Å². The van der Waals surface area contributed by atoms with Gasteiger partial charge in [-0.15, -0.1) is 0 Å². The summed E-state index contributed by atoms with van der Waals surface area (Å²) in [4.78, 5) is 45.6. The molecule has 3 aliphatic heterocycles. The van der Waals surface area contributed by atoms with E-state index in [0.29, 0.717) is 24.3 Å². The second-order valence-electron chi connectivity index (χ2n) is 15.0. The highest BCUT2D eigenvalue weighted by Gasteiger charge is 2.52. The van der Waals surface area contributed by atoms with Crippen molar-refractivity contribution in [2.45, 2.75) is 96.7 Å². The summed E-state index contributed by atoms with van der Waals surface area (Å²) in [6, 6.07) is 8.63. The number of likely N-dealkylation sites (N-methyl/N-ethyl adjacent to an activating group) is 2. The first-order valence-corrected chi connectivity index (χ1v) is 17.0. The molecule has 0 bridgehead atoms. The summed E-state index contributed by atoms with van der Waals surface area (Å²) < 4.78 is 31.7. The summed E-state index contributed by atoms with van der Waals surface area (Å²) in [6.45, 7) is 13.8. The van der Waals surface area contributed by atoms with Crippen LogP contribution < -0.4 is 5.32 Å². The van der Waals surface area contributed by atoms with Gasteiger partial charge < -0.3 is 33.9 Å². The first-order valence-electron chi connectivity index (χ1n) is 17.0. The molecule has 0 aliphatic carbocycles. The lowest BCUT2D eigenvalue weighted by Gasteiger charge is -2.48. The average Bonchev–Trinajstić information content (AvgIpc) is 3.00. The smallest absolute Gasteiger partial charge is 0.338 e. The Bertz CT molecular complexity index is 1220. The van der Waals surface area contributed by atoms with Gasteiger partial charge in [-0.25, -0.2) is 4.79 Å². The molecule has 0 amide bonds. The van der Waals surface area contributed by atoms with Gasteiger partial charge in [0.2, 0.25) is 0 Å². The Hall–Kier alpha value is -2.41. The minimum atomic E-state index is -1.44. The van der Waals surface area contributed by atoms with E-state index in [1.807, 2.05) is 38.9 Å². The summed E-state index contributed by atoms with van der Waals surface area (Å²) in [5, 5.41) is 3.33. The number of ether oxygens (including phenoxy) is 5. The normalized spacial score (nSPS) is 36.4. The maximum Gasteiger partial charge on any atom is 0.338 e. The van der Waals surface area contributed by atoms with Crippen LogP contribution in [-0.4, -0.2) is 124 Å². The summed E-state index contributed by atoms with van der Waals surface area (Å²) in [5.41, 5.74) is -1.99. The van der Waals surface area contributed by atoms with Gasteiger partial charge in [0.15, 0.2) is 18.2 Å². The second kappa shape index (κ2) is 15.4. The fourth-order valence-electron chi connectivity index (χ4n) is 7.52. The fourth-order valence-corrected chi connectivity index (χ4v) is 7.52. The third kappa shape index (κ3) is 8.43. The van der Waals surface area contributed by atoms with E-state index in [1.54, 1.807) is 52.1 Å². The molecule has 3 saturated heterocycles. The molecule has 1 aromatic rings. The van der Waals surface area contributed by atoms with Crippen LogP contribution in [0.4, 0.5) is 0 Å². The number of methoxy groups -OCH3 is 1. The number of ketones is 1. The SMILES string of the molecule is CO[C@]1(C)C[C@@H](C)CN(C)[C@H](C2CNC2)COC(=O)C(C)(C)C(=O)[C@H](C)[C@H]1O[C@@H]1O[C@H](C)C[C@H](N(C)C)[C@H]1OC(=O)c1ccccc1. The van der Waals surface area contributed by atoms with Crippen molar-refractivity contribution in [3.05, 3.63) is 35.9 Å². The number of hydrogen-bond acceptors (Lipinski definition) is 11. The lowest BCUT2D eigenvalue weighted by atomic mass is 9.74. The first kappa shape index (κ1) is 37.4. The van der Waals surface area contributed by atoms with Crippen LogP contribution in [0.1, 0.15) is 64.7 Å². The van der Waals surface area contributed by atoms with Crippen LogP contribution in [0.2, 0.25) is 0 Å². The van der Waals surface area contributed by atoms with Gasteiger partial charge in [0.05, 0.1) is 29.4 Å². The zero-order chi connectivity index (χ0) is 34.7. The quantitative estimate of drug-likeness (QED) is 0.343. The predicted molar refractivity (Wildman–Crippen MR) is 178 cm³/mol. The molecule has 3 fully saturated rings. The number of carbonyl (C=O) groups is 3. The van der Waals surface area contributed by atoms with Crippen LogP contribution in [0.5, 0.6) is 0 Å². The summed E-state index contributed by atoms with van der Waals surface area (Å²) >= 11 is 0. The molecule has 0 aromatic heterocycles. The van der Waals surface area contributed by atoms with E-state index < -0.39 is 47.4 Å². The zero-order valence-electron chi connectivity index (χ0n) is 30.0. The van der Waals surface area contributed by atoms with Crippen molar-refractivity contribution in [3.8, 4) is 0 Å². The van der Waals surface area contributed by atoms with E-state index in [1.165, 1.54) is 0 Å². The number of esters is 2. The number of Topliss-reactive ketones (excluding diaryl/α,β-unsaturated/α-hetero) is 1. The van der Waals surface area contributed by atoms with Crippen molar-refractivity contribution >= 4 is 17.7 Å². The monoisotopic (exact) mass is 659 g/mol. The van der Waals surface area contributed by atoms with E-state index in [2.05, 4.69) is 24.2 Å². The molecule has 1 N–H and O–H groups in total. The molecule has 3 heterocycles. The Kier molecular flexibility index (Phi) is 12.3. The van der Waals surface area contributed by atoms with Gasteiger partial charge in [-0.1, -0.05) is 32.0 Å². The number of rotatable bonds is 7. The highest BCUT2D eigenvalue weighted by Crippen LogP contribution is 2.39. The predicted octanol–water partition coefficient (Wildman–Crippen LogP) is 3.40. The van der Waals surface area contributed by atoms with Gasteiger partial charge in [-0.05, 0) is 79.7 Å². The van der Waals surface area contributed by atoms with Crippen molar-refractivity contribution in [2.75, 3.05) is 54.5 Å². The van der Waals surface area contributed by atoms with Gasteiger partial charge in [0.25, 0.3) is 0 Å². The molecule has 0 radical (unpaired) electrons. The topological polar surface area (TPSA) is 116 Å². The molecule has 11 heteroatoms. The van der Waals surface area contributed by atoms with E-state index in [-0.39, 0.29) is 36.5 Å². The van der Waals surface area contributed by atoms with Crippen LogP contribution in [0, 0.1) is 23.2 Å². The van der Waals surface area contributed by atoms with E-state index in [4.69, 9.17) is 23.7 Å². The summed E-state index contributed by atoms with van der Waals surface area (Å²) in [6.07, 6.45) is -1.71. The molecule has 0 unspecified atom stereocenters. The Morgan fingerprint density at radius 1 is 1.06 bits per heavy atom. The third-order valence-electron chi connectivity index (χ3n) is 10.5. The van der Waals surface area contributed by atoms with E-state index >= 15 is 0 Å². The lowest BCUT2D eigenvalue weighted by molar-refractivity contribution is -0.295. The number of carbonyl (C=O) groups excluding carboxylic acids is 3. The van der Waals surface area contributed by atoms with E-state index in [9.17, 15) is 14.4 Å². The molecule has 0 saturated carbocycles. The maximum atomic E-state index is 14.4. The van der Waals surface area contributed by atoms with Crippen LogP contribution >= 0.6 is 0 Å². The number of nitrogens with one attached hydrogen (secondary N) is 1. The number of hydrogen-bond donors (Lipinski definition) is 1. The van der Waals surface area contributed by atoms with Crippen molar-refractivity contribution in [1.82, 2.24) is 15.1 Å². The molecular formula is C36H57N3O8. The number of benzene rings is 1. The molecule has 47 heavy (non-hydrogen) atoms. The lowest BCUT2D eigenvalue weighted by Crippen LogP contribution is -2.60. The zero-order valence-corrected chi connectivity index (χ0v) is 30.0. The Labute approximate surface area is 280 Å². The minimum Gasteiger partial charge on any atom is -0.463 e. The molecule has 9 atom stereocenters. The standard InChI is InChI=1S/C36H57N3O8/c1-22-17-36(6,43-10)31(24(3)30(40)35(4,5)34(42)44-21-28(39(9)20-22)26-18-37-19-26)47-33-29(27(38(7)8)16-23(2)45-33)46-32(41)25-14-12-11-13-15-25/h11-15,22-24,26-29,31,33,37H,16-21H2,1-10H3/t22-,23-,24+,27+,28+,29-,31-,33+,36-/m1/s1. The van der Waals surface area contributed by atoms with Crippen LogP contribution in [0.15, 0.2) is 30.3 Å². The van der Waals surface area contributed by atoms with Gasteiger partial charge >= 0.3 is 11.9 Å². The molecular weight excluding hydrogens is 602 g/mol. The highest BCUT2D eigenvalue weighted by atomic mass is 16.7. The molecule has 3 aliphatic rings. The Morgan fingerprint density at radius 2 is 1.72 bits per heavy atom. The van der Waals surface area contributed by atoms with Gasteiger partial charge in [-0.2, -0.15) is 0 Å². The van der Waals surface area contributed by atoms with Crippen LogP contribution in [0.3, 0.4) is 0 Å². The van der Waals surface area contributed by atoms with Crippen molar-refractivity contribution in [3.63, 3.8) is 0 Å². The van der Waals surface area contributed by atoms with Crippen LogP contribution in [-0.2, 0) is 33.3 Å². The Balaban J connectivity index is 1.72. The maximum absolute atomic E-state index is 14.4. The average molecular weight is 660 g/mol. The van der Waals surface area contributed by atoms with Crippen molar-refractivity contribution < 1.29 is 38.1 Å². The van der Waals surface area contributed by atoms with Crippen molar-refractivity contribution in [2.24, 2.45) is 23.2 Å². The first-order chi connectivity index (χ1) is 22.1. The third-order valence-corrected chi connectivity index (χ3v) is 10.5. The molecule has 1 aromatic carbocycles. The summed E-state index contributed by atoms with van der Waals surface area (Å²) in [7, 11) is 7.57. The number of cyclic esters (lactones) is 1. The van der Waals surface area contributed by atoms with Gasteiger partial charge in [0, 0.05) is 44.6 Å². The molecule has 0 spiro atoms. The fraction of sp³-hybridized carbons (Fsp3) is 0.750. The number of nitrogens with zero attached hydrogens (tertiary/aromatic N) is 2. The second-order valence-corrected chi connectivity index (χ2v) is 15.0. The highest BCUT2D eigenvalue weighted by molar-refractivity contribution is 6.04. The molecule has 264 valence electrons.